The molecule has 2 aliphatic heterocycles. The number of ether oxygens (including phenoxy) is 1. The minimum atomic E-state index is -0.119. The molecule has 5 nitrogen and oxygen atoms in total. The van der Waals surface area contributed by atoms with Crippen LogP contribution in [-0.4, -0.2) is 9.55 Å². The molecular formula is C63H71N4O+. The van der Waals surface area contributed by atoms with Crippen molar-refractivity contribution in [2.45, 2.75) is 138 Å². The van der Waals surface area contributed by atoms with E-state index in [9.17, 15) is 0 Å². The second kappa shape index (κ2) is 15.8. The second-order valence-corrected chi connectivity index (χ2v) is 23.8. The van der Waals surface area contributed by atoms with Crippen molar-refractivity contribution in [1.82, 2.24) is 18.7 Å². The first-order valence-electron chi connectivity index (χ1n) is 25.0. The first kappa shape index (κ1) is 45.8. The smallest absolute Gasteiger partial charge is 0.225 e. The highest BCUT2D eigenvalue weighted by Gasteiger charge is 2.78. The van der Waals surface area contributed by atoms with Crippen LogP contribution in [0.2, 0.25) is 0 Å². The third-order valence-corrected chi connectivity index (χ3v) is 14.9. The van der Waals surface area contributed by atoms with Gasteiger partial charge in [-0.3, -0.25) is 4.57 Å². The van der Waals surface area contributed by atoms with E-state index in [2.05, 4.69) is 242 Å². The summed E-state index contributed by atoms with van der Waals surface area (Å²) in [6.45, 7) is 37.0. The zero-order valence-corrected chi connectivity index (χ0v) is 43.2. The molecule has 0 N–H and O–H groups in total. The van der Waals surface area contributed by atoms with Crippen molar-refractivity contribution in [2.75, 3.05) is 0 Å². The number of pyridine rings is 1. The Morgan fingerprint density at radius 1 is 0.500 bits per heavy atom. The van der Waals surface area contributed by atoms with E-state index in [1.165, 1.54) is 78.0 Å². The highest BCUT2D eigenvalue weighted by atomic mass is 16.5. The van der Waals surface area contributed by atoms with Crippen LogP contribution in [0.15, 0.2) is 134 Å². The molecule has 68 heavy (non-hydrogen) atoms. The normalized spacial score (nSPS) is 18.1. The van der Waals surface area contributed by atoms with Gasteiger partial charge < -0.3 is 4.74 Å². The third-order valence-electron chi connectivity index (χ3n) is 14.9. The van der Waals surface area contributed by atoms with Crippen LogP contribution in [0.5, 0.6) is 11.5 Å². The highest BCUT2D eigenvalue weighted by Crippen LogP contribution is 2.75. The predicted octanol–water partition coefficient (Wildman–Crippen LogP) is 18.2. The van der Waals surface area contributed by atoms with Gasteiger partial charge in [0.2, 0.25) is 11.4 Å². The van der Waals surface area contributed by atoms with Gasteiger partial charge in [-0.15, -0.1) is 0 Å². The van der Waals surface area contributed by atoms with E-state index < -0.39 is 0 Å². The predicted molar refractivity (Wildman–Crippen MR) is 289 cm³/mol. The minimum absolute atomic E-state index is 0.0328. The van der Waals surface area contributed by atoms with Crippen molar-refractivity contribution in [3.63, 3.8) is 0 Å². The van der Waals surface area contributed by atoms with Crippen LogP contribution >= 0.6 is 0 Å². The molecule has 1 fully saturated rings. The van der Waals surface area contributed by atoms with Gasteiger partial charge in [-0.25, -0.2) is 4.98 Å². The Kier molecular flexibility index (Phi) is 10.6. The monoisotopic (exact) mass is 900 g/mol. The number of nitrogens with zero attached hydrogens (tertiary/aromatic N) is 4. The van der Waals surface area contributed by atoms with Crippen molar-refractivity contribution in [3.8, 4) is 28.4 Å². The summed E-state index contributed by atoms with van der Waals surface area (Å²) in [6.07, 6.45) is 2.00. The molecule has 5 heteroatoms. The molecule has 0 aliphatic carbocycles. The molecule has 8 aromatic rings. The molecule has 0 bridgehead atoms. The number of hydrogen-bond acceptors (Lipinski definition) is 2. The van der Waals surface area contributed by atoms with Gasteiger partial charge >= 0.3 is 0 Å². The van der Waals surface area contributed by atoms with Gasteiger partial charge in [0.25, 0.3) is 0 Å². The largest absolute Gasteiger partial charge is 0.457 e. The fraction of sp³-hybridized carbons (Fsp3) is 0.333. The molecule has 4 heterocycles. The summed E-state index contributed by atoms with van der Waals surface area (Å²) in [4.78, 5) is 5.19. The van der Waals surface area contributed by atoms with Gasteiger partial charge in [0.15, 0.2) is 18.0 Å². The van der Waals surface area contributed by atoms with E-state index in [0.29, 0.717) is 26.9 Å². The summed E-state index contributed by atoms with van der Waals surface area (Å²) < 4.78 is 10.8. The Balaban J connectivity index is 1.13. The van der Waals surface area contributed by atoms with Crippen LogP contribution in [0.1, 0.15) is 155 Å². The van der Waals surface area contributed by atoms with Crippen molar-refractivity contribution < 1.29 is 4.74 Å². The standard InChI is InChI=1S/C63H71N4O/c1-39(2)43-29-53(40(3)4)60(54(30-43)41(5)6)42-27-28-64-59(31-42)65-55-35-45(62(10,11)12)23-25-51(55)52-26-24-49(37-56(52)65)68-50-34-46(63(13,14)15)33-48(36-50)67-38-66(67,57-21-16-17-22-58(57)67)47-20-18-19-44(32-47)61(7,8)9/h16-41H,1-15H3/q+1/t66-,67?/m0/s1. The van der Waals surface area contributed by atoms with Crippen molar-refractivity contribution in [3.05, 3.63) is 174 Å². The maximum Gasteiger partial charge on any atom is 0.225 e. The van der Waals surface area contributed by atoms with Gasteiger partial charge in [0, 0.05) is 59.4 Å². The lowest BCUT2D eigenvalue weighted by Gasteiger charge is -2.40. The topological polar surface area (TPSA) is 27.1 Å². The summed E-state index contributed by atoms with van der Waals surface area (Å²) in [5.41, 5.74) is 17.8. The quantitative estimate of drug-likeness (QED) is 0.0820. The summed E-state index contributed by atoms with van der Waals surface area (Å²) in [5, 5.41) is 2.37. The molecule has 1 unspecified atom stereocenters. The molecule has 0 radical (unpaired) electrons. The number of rotatable bonds is 9. The zero-order chi connectivity index (χ0) is 48.5. The lowest BCUT2D eigenvalue weighted by Crippen LogP contribution is -2.46. The van der Waals surface area contributed by atoms with E-state index in [-0.39, 0.29) is 16.2 Å². The molecule has 0 spiro atoms. The summed E-state index contributed by atoms with van der Waals surface area (Å²) in [7, 11) is 0. The fourth-order valence-electron chi connectivity index (χ4n) is 10.8. The van der Waals surface area contributed by atoms with Crippen molar-refractivity contribution in [2.24, 2.45) is 0 Å². The second-order valence-electron chi connectivity index (χ2n) is 23.8. The SMILES string of the molecule is CC(C)c1cc(C(C)C)c(-c2ccnc(-n3c4cc(Oc5cc(C(C)(C)C)cc([N+]67[CH-][N@+]6(c6cccc(C(C)(C)C)c6)c6ccccc67)c5)ccc4c4ccc(C(C)(C)C)cc43)c2)c(C(C)C)c1. The molecule has 10 rings (SSSR count). The third kappa shape index (κ3) is 7.22. The average molecular weight is 900 g/mol. The van der Waals surface area contributed by atoms with Gasteiger partial charge in [-0.2, -0.15) is 9.18 Å². The maximum absolute atomic E-state index is 7.14. The number of fused-ring (bicyclic) bond motifs is 7. The summed E-state index contributed by atoms with van der Waals surface area (Å²) >= 11 is 0. The Labute approximate surface area is 406 Å². The van der Waals surface area contributed by atoms with Gasteiger partial charge in [0.05, 0.1) is 11.0 Å². The molecule has 1 saturated heterocycles. The first-order chi connectivity index (χ1) is 32.0. The summed E-state index contributed by atoms with van der Waals surface area (Å²) in [6, 6.07) is 48.1. The lowest BCUT2D eigenvalue weighted by molar-refractivity contribution is 0.421. The van der Waals surface area contributed by atoms with E-state index in [0.717, 1.165) is 28.4 Å². The number of para-hydroxylation sites is 2. The molecule has 6 aromatic carbocycles. The molecule has 2 atom stereocenters. The lowest BCUT2D eigenvalue weighted by atomic mass is 9.82. The molecule has 2 aromatic heterocycles. The van der Waals surface area contributed by atoms with Gasteiger partial charge in [-0.05, 0) is 115 Å². The Morgan fingerprint density at radius 3 is 1.68 bits per heavy atom. The number of hydrogen-bond donors (Lipinski definition) is 0. The fourth-order valence-corrected chi connectivity index (χ4v) is 10.8. The maximum atomic E-state index is 7.14. The van der Waals surface area contributed by atoms with Crippen molar-refractivity contribution >= 4 is 44.6 Å². The molecular weight excluding hydrogens is 829 g/mol. The zero-order valence-electron chi connectivity index (χ0n) is 43.2. The first-order valence-corrected chi connectivity index (χ1v) is 25.0. The van der Waals surface area contributed by atoms with E-state index in [1.807, 2.05) is 6.20 Å². The molecule has 0 amide bonds. The number of aromatic nitrogens is 2. The Bertz CT molecular complexity index is 3260. The molecule has 2 aliphatic rings. The van der Waals surface area contributed by atoms with Crippen LogP contribution in [0.3, 0.4) is 0 Å². The van der Waals surface area contributed by atoms with Crippen LogP contribution in [0, 0.1) is 6.67 Å². The van der Waals surface area contributed by atoms with Crippen LogP contribution in [0.4, 0.5) is 22.7 Å². The van der Waals surface area contributed by atoms with Gasteiger partial charge in [-0.1, -0.05) is 152 Å². The van der Waals surface area contributed by atoms with Crippen LogP contribution in [0.25, 0.3) is 38.8 Å². The van der Waals surface area contributed by atoms with Crippen molar-refractivity contribution in [1.29, 1.82) is 0 Å². The van der Waals surface area contributed by atoms with E-state index in [4.69, 9.17) is 9.72 Å². The Hall–Kier alpha value is -6.01. The number of quaternary nitrogens is 2. The van der Waals surface area contributed by atoms with Crippen LogP contribution < -0.4 is 13.9 Å². The average Bonchev–Trinajstić information content (AvgIpc) is 3.78. The highest BCUT2D eigenvalue weighted by molar-refractivity contribution is 6.10. The summed E-state index contributed by atoms with van der Waals surface area (Å²) in [5.74, 6) is 3.69. The Morgan fingerprint density at radius 2 is 1.07 bits per heavy atom. The number of benzene rings is 6. The molecule has 348 valence electrons. The van der Waals surface area contributed by atoms with Gasteiger partial charge in [0.1, 0.15) is 17.3 Å². The van der Waals surface area contributed by atoms with E-state index in [1.54, 1.807) is 0 Å². The molecule has 0 saturated carbocycles. The minimum Gasteiger partial charge on any atom is -0.457 e. The van der Waals surface area contributed by atoms with E-state index >= 15 is 0 Å². The van der Waals surface area contributed by atoms with Crippen LogP contribution in [-0.2, 0) is 16.2 Å².